The van der Waals surface area contributed by atoms with Crippen LogP contribution < -0.4 is 9.47 Å². The lowest BCUT2D eigenvalue weighted by Gasteiger charge is -2.23. The van der Waals surface area contributed by atoms with Crippen molar-refractivity contribution in [3.05, 3.63) is 27.8 Å². The number of hydrogen-bond acceptors (Lipinski definition) is 6. The summed E-state index contributed by atoms with van der Waals surface area (Å²) >= 11 is 1.38. The molecule has 2 aliphatic heterocycles. The highest BCUT2D eigenvalue weighted by Crippen LogP contribution is 2.42. The zero-order chi connectivity index (χ0) is 16.7. The minimum atomic E-state index is -0.0315. The van der Waals surface area contributed by atoms with Crippen LogP contribution in [0.1, 0.15) is 59.8 Å². The van der Waals surface area contributed by atoms with Gasteiger partial charge in [-0.2, -0.15) is 0 Å². The first-order chi connectivity index (χ1) is 11.6. The Hall–Kier alpha value is -2.02. The number of likely N-dealkylation sites (tertiary alicyclic amines) is 1. The molecule has 1 atom stereocenters. The van der Waals surface area contributed by atoms with E-state index < -0.39 is 0 Å². The number of thiophene rings is 1. The molecule has 6 nitrogen and oxygen atoms in total. The second kappa shape index (κ2) is 6.12. The van der Waals surface area contributed by atoms with E-state index in [0.717, 1.165) is 30.8 Å². The largest absolute Gasteiger partial charge is 0.485 e. The third-order valence-corrected chi connectivity index (χ3v) is 5.39. The number of hydrogen-bond donors (Lipinski definition) is 0. The van der Waals surface area contributed by atoms with Gasteiger partial charge < -0.3 is 18.9 Å². The minimum Gasteiger partial charge on any atom is -0.485 e. The SMILES string of the molecule is CC(C)c1cc([C@H]2CCCN2C(=O)c2scc3c2OCCO3)no1. The van der Waals surface area contributed by atoms with Crippen LogP contribution in [0.4, 0.5) is 0 Å². The van der Waals surface area contributed by atoms with E-state index in [2.05, 4.69) is 19.0 Å². The molecule has 1 amide bonds. The fourth-order valence-electron chi connectivity index (χ4n) is 3.19. The number of carbonyl (C=O) groups is 1. The van der Waals surface area contributed by atoms with E-state index in [4.69, 9.17) is 14.0 Å². The maximum Gasteiger partial charge on any atom is 0.268 e. The summed E-state index contributed by atoms with van der Waals surface area (Å²) in [5.74, 6) is 2.39. The highest BCUT2D eigenvalue weighted by molar-refractivity contribution is 7.12. The van der Waals surface area contributed by atoms with Gasteiger partial charge in [-0.05, 0) is 12.8 Å². The second-order valence-electron chi connectivity index (χ2n) is 6.42. The van der Waals surface area contributed by atoms with Crippen molar-refractivity contribution in [3.63, 3.8) is 0 Å². The Labute approximate surface area is 144 Å². The van der Waals surface area contributed by atoms with Crippen molar-refractivity contribution in [1.82, 2.24) is 10.1 Å². The summed E-state index contributed by atoms with van der Waals surface area (Å²) in [7, 11) is 0. The summed E-state index contributed by atoms with van der Waals surface area (Å²) in [6.45, 7) is 5.87. The molecule has 0 radical (unpaired) electrons. The molecule has 0 aromatic carbocycles. The first-order valence-corrected chi connectivity index (χ1v) is 9.17. The van der Waals surface area contributed by atoms with Gasteiger partial charge in [0.2, 0.25) is 0 Å². The lowest BCUT2D eigenvalue weighted by molar-refractivity contribution is 0.0727. The molecule has 1 fully saturated rings. The Morgan fingerprint density at radius 1 is 1.38 bits per heavy atom. The molecule has 0 bridgehead atoms. The number of carbonyl (C=O) groups excluding carboxylic acids is 1. The third kappa shape index (κ3) is 2.56. The number of amides is 1. The van der Waals surface area contributed by atoms with Crippen LogP contribution in [0.15, 0.2) is 16.0 Å². The molecule has 2 aliphatic rings. The van der Waals surface area contributed by atoms with E-state index >= 15 is 0 Å². The smallest absolute Gasteiger partial charge is 0.268 e. The highest BCUT2D eigenvalue weighted by Gasteiger charge is 2.36. The van der Waals surface area contributed by atoms with E-state index in [9.17, 15) is 4.79 Å². The first kappa shape index (κ1) is 15.5. The summed E-state index contributed by atoms with van der Waals surface area (Å²) in [5, 5.41) is 6.05. The molecule has 0 saturated carbocycles. The summed E-state index contributed by atoms with van der Waals surface area (Å²) in [4.78, 5) is 15.5. The third-order valence-electron chi connectivity index (χ3n) is 4.47. The predicted molar refractivity (Wildman–Crippen MR) is 88.9 cm³/mol. The molecule has 1 saturated heterocycles. The lowest BCUT2D eigenvalue weighted by Crippen LogP contribution is -2.30. The van der Waals surface area contributed by atoms with Gasteiger partial charge in [-0.1, -0.05) is 19.0 Å². The molecule has 0 N–H and O–H groups in total. The fraction of sp³-hybridized carbons (Fsp3) is 0.529. The van der Waals surface area contributed by atoms with Crippen LogP contribution in [0.25, 0.3) is 0 Å². The number of fused-ring (bicyclic) bond motifs is 1. The van der Waals surface area contributed by atoms with Crippen LogP contribution in [0, 0.1) is 0 Å². The van der Waals surface area contributed by atoms with Crippen LogP contribution >= 0.6 is 11.3 Å². The molecular formula is C17H20N2O4S. The van der Waals surface area contributed by atoms with Crippen LogP contribution in [-0.2, 0) is 0 Å². The zero-order valence-corrected chi connectivity index (χ0v) is 14.6. The van der Waals surface area contributed by atoms with Crippen LogP contribution in [0.5, 0.6) is 11.5 Å². The lowest BCUT2D eigenvalue weighted by atomic mass is 10.1. The molecule has 0 aliphatic carbocycles. The normalized spacial score (nSPS) is 20.0. The number of ether oxygens (including phenoxy) is 2. The van der Waals surface area contributed by atoms with Gasteiger partial charge in [0.15, 0.2) is 11.5 Å². The van der Waals surface area contributed by atoms with Crippen molar-refractivity contribution in [1.29, 1.82) is 0 Å². The Morgan fingerprint density at radius 3 is 3.00 bits per heavy atom. The van der Waals surface area contributed by atoms with Crippen LogP contribution in [-0.4, -0.2) is 35.7 Å². The van der Waals surface area contributed by atoms with Gasteiger partial charge in [-0.15, -0.1) is 11.3 Å². The topological polar surface area (TPSA) is 64.8 Å². The molecule has 2 aromatic heterocycles. The van der Waals surface area contributed by atoms with Crippen molar-refractivity contribution in [2.24, 2.45) is 0 Å². The molecular weight excluding hydrogens is 328 g/mol. The van der Waals surface area contributed by atoms with E-state index in [1.54, 1.807) is 0 Å². The monoisotopic (exact) mass is 348 g/mol. The average molecular weight is 348 g/mol. The first-order valence-electron chi connectivity index (χ1n) is 8.29. The van der Waals surface area contributed by atoms with Gasteiger partial charge >= 0.3 is 0 Å². The van der Waals surface area contributed by atoms with Crippen molar-refractivity contribution < 1.29 is 18.8 Å². The Kier molecular flexibility index (Phi) is 3.96. The molecule has 4 rings (SSSR count). The summed E-state index contributed by atoms with van der Waals surface area (Å²) < 4.78 is 16.6. The summed E-state index contributed by atoms with van der Waals surface area (Å²) in [6, 6.07) is 1.95. The van der Waals surface area contributed by atoms with Crippen molar-refractivity contribution in [2.45, 2.75) is 38.6 Å². The van der Waals surface area contributed by atoms with Gasteiger partial charge in [0.25, 0.3) is 5.91 Å². The number of aromatic nitrogens is 1. The van der Waals surface area contributed by atoms with Gasteiger partial charge in [-0.3, -0.25) is 4.79 Å². The maximum absolute atomic E-state index is 13.0. The van der Waals surface area contributed by atoms with Gasteiger partial charge in [0.1, 0.15) is 29.5 Å². The molecule has 24 heavy (non-hydrogen) atoms. The molecule has 4 heterocycles. The van der Waals surface area contributed by atoms with E-state index in [-0.39, 0.29) is 17.9 Å². The summed E-state index contributed by atoms with van der Waals surface area (Å²) in [5.41, 5.74) is 0.840. The quantitative estimate of drug-likeness (QED) is 0.848. The van der Waals surface area contributed by atoms with E-state index in [0.29, 0.717) is 29.6 Å². The van der Waals surface area contributed by atoms with Gasteiger partial charge in [0.05, 0.1) is 6.04 Å². The Morgan fingerprint density at radius 2 is 2.21 bits per heavy atom. The standard InChI is InChI=1S/C17H20N2O4S/c1-10(2)13-8-11(18-23-13)12-4-3-5-19(12)17(20)16-15-14(9-24-16)21-6-7-22-15/h8-10,12H,3-7H2,1-2H3/t12-/m1/s1. The maximum atomic E-state index is 13.0. The van der Waals surface area contributed by atoms with Gasteiger partial charge in [0, 0.05) is 23.9 Å². The van der Waals surface area contributed by atoms with Crippen LogP contribution in [0.3, 0.4) is 0 Å². The summed E-state index contributed by atoms with van der Waals surface area (Å²) in [6.07, 6.45) is 1.87. The molecule has 2 aromatic rings. The van der Waals surface area contributed by atoms with Gasteiger partial charge in [-0.25, -0.2) is 0 Å². The molecule has 128 valence electrons. The van der Waals surface area contributed by atoms with Crippen molar-refractivity contribution in [2.75, 3.05) is 19.8 Å². The zero-order valence-electron chi connectivity index (χ0n) is 13.8. The van der Waals surface area contributed by atoms with Crippen molar-refractivity contribution >= 4 is 17.2 Å². The number of rotatable bonds is 3. The predicted octanol–water partition coefficient (Wildman–Crippen LogP) is 3.61. The molecule has 0 spiro atoms. The highest BCUT2D eigenvalue weighted by atomic mass is 32.1. The minimum absolute atomic E-state index is 0.0108. The molecule has 0 unspecified atom stereocenters. The van der Waals surface area contributed by atoms with E-state index in [1.807, 2.05) is 16.3 Å². The van der Waals surface area contributed by atoms with Crippen LogP contribution in [0.2, 0.25) is 0 Å². The Balaban J connectivity index is 1.60. The van der Waals surface area contributed by atoms with Crippen molar-refractivity contribution in [3.8, 4) is 11.5 Å². The molecule has 7 heteroatoms. The number of nitrogens with zero attached hydrogens (tertiary/aromatic N) is 2. The Bertz CT molecular complexity index is 752. The fourth-order valence-corrected chi connectivity index (χ4v) is 4.08. The van der Waals surface area contributed by atoms with E-state index in [1.165, 1.54) is 11.3 Å². The average Bonchev–Trinajstić information content (AvgIpc) is 3.31. The second-order valence-corrected chi connectivity index (χ2v) is 7.30.